The average molecular weight is 625 g/mol. The van der Waals surface area contributed by atoms with Gasteiger partial charge >= 0.3 is 0 Å². The lowest BCUT2D eigenvalue weighted by Crippen LogP contribution is -2.36. The molecule has 1 fully saturated rings. The molecule has 0 amide bonds. The Kier molecular flexibility index (Phi) is 8.80. The fourth-order valence-electron chi connectivity index (χ4n) is 4.31. The summed E-state index contributed by atoms with van der Waals surface area (Å²) in [4.78, 5) is 22.5. The van der Waals surface area contributed by atoms with Crippen LogP contribution < -0.4 is 10.5 Å². The number of hydrogen-bond donors (Lipinski definition) is 1. The summed E-state index contributed by atoms with van der Waals surface area (Å²) >= 11 is 13.6. The first-order valence-corrected chi connectivity index (χ1v) is 13.5. The third-order valence-corrected chi connectivity index (χ3v) is 8.19. The fraction of sp³-hybridized carbons (Fsp3) is 0.385. The number of benzene rings is 1. The zero-order valence-corrected chi connectivity index (χ0v) is 24.0. The second-order valence-electron chi connectivity index (χ2n) is 9.02. The van der Waals surface area contributed by atoms with Gasteiger partial charge in [0.1, 0.15) is 0 Å². The summed E-state index contributed by atoms with van der Waals surface area (Å²) in [5.41, 5.74) is 5.79. The Hall–Kier alpha value is -1.59. The number of morpholine rings is 1. The number of ether oxygens (including phenoxy) is 1. The van der Waals surface area contributed by atoms with Crippen LogP contribution in [0.5, 0.6) is 0 Å². The van der Waals surface area contributed by atoms with Crippen LogP contribution in [-0.2, 0) is 17.8 Å². The minimum atomic E-state index is -0.273. The standard InChI is InChI=1S/C26H30ClIN4O2S/c1-17-21(12-20(14-29-17)31-7-9-34-10-8-31)26(35)22-13-24(33)32(23(25(22)28)16-30(2)3)15-18-5-4-6-19(27)11-18/h4-6,11-14,26,35H,7-10,15-16H2,1-3H3. The van der Waals surface area contributed by atoms with Gasteiger partial charge in [0, 0.05) is 45.7 Å². The van der Waals surface area contributed by atoms with Gasteiger partial charge in [-0.15, -0.1) is 0 Å². The third-order valence-electron chi connectivity index (χ3n) is 6.15. The highest BCUT2D eigenvalue weighted by molar-refractivity contribution is 14.1. The van der Waals surface area contributed by atoms with E-state index in [0.717, 1.165) is 50.4 Å². The molecule has 9 heteroatoms. The molecular formula is C26H30ClIN4O2S. The number of pyridine rings is 2. The highest BCUT2D eigenvalue weighted by Crippen LogP contribution is 2.35. The molecule has 186 valence electrons. The van der Waals surface area contributed by atoms with Crippen molar-refractivity contribution >= 4 is 52.5 Å². The Balaban J connectivity index is 1.76. The minimum Gasteiger partial charge on any atom is -0.378 e. The maximum absolute atomic E-state index is 13.5. The summed E-state index contributed by atoms with van der Waals surface area (Å²) in [5.74, 6) is 0. The number of rotatable bonds is 7. The van der Waals surface area contributed by atoms with Gasteiger partial charge < -0.3 is 19.1 Å². The van der Waals surface area contributed by atoms with Crippen LogP contribution in [0.4, 0.5) is 5.69 Å². The van der Waals surface area contributed by atoms with Crippen LogP contribution in [0.15, 0.2) is 47.4 Å². The van der Waals surface area contributed by atoms with Crippen molar-refractivity contribution in [3.05, 3.63) is 89.6 Å². The van der Waals surface area contributed by atoms with Crippen LogP contribution in [0, 0.1) is 10.5 Å². The first-order chi connectivity index (χ1) is 16.7. The van der Waals surface area contributed by atoms with Crippen molar-refractivity contribution in [3.8, 4) is 0 Å². The van der Waals surface area contributed by atoms with Gasteiger partial charge in [0.15, 0.2) is 0 Å². The van der Waals surface area contributed by atoms with E-state index in [0.29, 0.717) is 31.3 Å². The largest absolute Gasteiger partial charge is 0.378 e. The van der Waals surface area contributed by atoms with Gasteiger partial charge in [-0.1, -0.05) is 23.7 Å². The maximum Gasteiger partial charge on any atom is 0.251 e. The summed E-state index contributed by atoms with van der Waals surface area (Å²) in [6, 6.07) is 11.5. The number of halogens is 2. The van der Waals surface area contributed by atoms with E-state index in [1.165, 1.54) is 0 Å². The predicted octanol–water partition coefficient (Wildman–Crippen LogP) is 4.78. The molecule has 6 nitrogen and oxygen atoms in total. The third kappa shape index (κ3) is 6.22. The molecule has 0 spiro atoms. The monoisotopic (exact) mass is 624 g/mol. The summed E-state index contributed by atoms with van der Waals surface area (Å²) in [6.45, 7) is 6.19. The molecule has 4 rings (SSSR count). The predicted molar refractivity (Wildman–Crippen MR) is 154 cm³/mol. The molecule has 0 saturated carbocycles. The number of aromatic nitrogens is 2. The first-order valence-electron chi connectivity index (χ1n) is 11.5. The molecule has 1 unspecified atom stereocenters. The molecule has 1 aliphatic rings. The van der Waals surface area contributed by atoms with Crippen LogP contribution in [0.1, 0.15) is 33.3 Å². The number of thiol groups is 1. The van der Waals surface area contributed by atoms with Gasteiger partial charge in [0.2, 0.25) is 0 Å². The molecule has 1 saturated heterocycles. The van der Waals surface area contributed by atoms with E-state index < -0.39 is 0 Å². The quantitative estimate of drug-likeness (QED) is 0.303. The zero-order valence-electron chi connectivity index (χ0n) is 20.2. The summed E-state index contributed by atoms with van der Waals surface area (Å²) in [6.07, 6.45) is 1.91. The van der Waals surface area contributed by atoms with Gasteiger partial charge in [-0.05, 0) is 78.5 Å². The van der Waals surface area contributed by atoms with E-state index in [-0.39, 0.29) is 10.8 Å². The van der Waals surface area contributed by atoms with Gasteiger partial charge in [0.25, 0.3) is 5.56 Å². The Morgan fingerprint density at radius 2 is 1.94 bits per heavy atom. The van der Waals surface area contributed by atoms with Crippen molar-refractivity contribution in [2.24, 2.45) is 0 Å². The Morgan fingerprint density at radius 1 is 1.20 bits per heavy atom. The lowest BCUT2D eigenvalue weighted by molar-refractivity contribution is 0.122. The molecule has 0 bridgehead atoms. The van der Waals surface area contributed by atoms with Crippen LogP contribution in [-0.4, -0.2) is 54.8 Å². The van der Waals surface area contributed by atoms with Crippen molar-refractivity contribution in [2.75, 3.05) is 45.3 Å². The SMILES string of the molecule is Cc1ncc(N2CCOCC2)cc1C(S)c1cc(=O)n(Cc2cccc(Cl)c2)c(CN(C)C)c1I. The molecule has 2 aromatic heterocycles. The summed E-state index contributed by atoms with van der Waals surface area (Å²) in [5, 5.41) is 0.388. The molecule has 1 aliphatic heterocycles. The van der Waals surface area contributed by atoms with E-state index >= 15 is 0 Å². The van der Waals surface area contributed by atoms with Crippen molar-refractivity contribution in [1.82, 2.24) is 14.5 Å². The maximum atomic E-state index is 13.5. The number of aryl methyl sites for hydroxylation is 1. The average Bonchev–Trinajstić information content (AvgIpc) is 2.83. The lowest BCUT2D eigenvalue weighted by atomic mass is 10.0. The van der Waals surface area contributed by atoms with Gasteiger partial charge in [0.05, 0.1) is 36.9 Å². The lowest BCUT2D eigenvalue weighted by Gasteiger charge is -2.29. The van der Waals surface area contributed by atoms with E-state index in [1.807, 2.05) is 56.0 Å². The second kappa shape index (κ2) is 11.6. The van der Waals surface area contributed by atoms with Crippen LogP contribution in [0.3, 0.4) is 0 Å². The number of anilines is 1. The fourth-order valence-corrected chi connectivity index (χ4v) is 6.17. The van der Waals surface area contributed by atoms with Crippen molar-refractivity contribution in [1.29, 1.82) is 0 Å². The van der Waals surface area contributed by atoms with Gasteiger partial charge in [-0.2, -0.15) is 12.6 Å². The molecule has 3 aromatic rings. The van der Waals surface area contributed by atoms with Crippen LogP contribution in [0.25, 0.3) is 0 Å². The second-order valence-corrected chi connectivity index (χ2v) is 11.1. The van der Waals surface area contributed by atoms with Crippen molar-refractivity contribution < 1.29 is 4.74 Å². The molecule has 1 aromatic carbocycles. The molecule has 0 N–H and O–H groups in total. The molecule has 1 atom stereocenters. The highest BCUT2D eigenvalue weighted by atomic mass is 127. The van der Waals surface area contributed by atoms with E-state index in [2.05, 4.69) is 43.4 Å². The number of nitrogens with zero attached hydrogens (tertiary/aromatic N) is 4. The molecule has 0 radical (unpaired) electrons. The first kappa shape index (κ1) is 26.5. The Morgan fingerprint density at radius 3 is 2.63 bits per heavy atom. The van der Waals surface area contributed by atoms with Crippen LogP contribution in [0.2, 0.25) is 5.02 Å². The Bertz CT molecular complexity index is 1260. The molecule has 0 aliphatic carbocycles. The van der Waals surface area contributed by atoms with Crippen molar-refractivity contribution in [3.63, 3.8) is 0 Å². The molecule has 3 heterocycles. The topological polar surface area (TPSA) is 50.6 Å². The van der Waals surface area contributed by atoms with Crippen molar-refractivity contribution in [2.45, 2.75) is 25.3 Å². The summed E-state index contributed by atoms with van der Waals surface area (Å²) in [7, 11) is 4.02. The summed E-state index contributed by atoms with van der Waals surface area (Å²) < 4.78 is 8.38. The Labute approximate surface area is 230 Å². The molecular weight excluding hydrogens is 595 g/mol. The minimum absolute atomic E-state index is 0.0498. The smallest absolute Gasteiger partial charge is 0.251 e. The normalized spacial score (nSPS) is 15.0. The van der Waals surface area contributed by atoms with Gasteiger partial charge in [-0.25, -0.2) is 0 Å². The zero-order chi connectivity index (χ0) is 25.1. The van der Waals surface area contributed by atoms with E-state index in [9.17, 15) is 4.79 Å². The van der Waals surface area contributed by atoms with Crippen LogP contribution >= 0.6 is 46.8 Å². The van der Waals surface area contributed by atoms with E-state index in [1.54, 1.807) is 6.07 Å². The number of hydrogen-bond acceptors (Lipinski definition) is 6. The molecule has 35 heavy (non-hydrogen) atoms. The van der Waals surface area contributed by atoms with E-state index in [4.69, 9.17) is 29.0 Å². The van der Waals surface area contributed by atoms with Gasteiger partial charge in [-0.3, -0.25) is 9.78 Å². The highest BCUT2D eigenvalue weighted by Gasteiger charge is 2.23.